The molecule has 1 saturated heterocycles. The van der Waals surface area contributed by atoms with Gasteiger partial charge in [0.1, 0.15) is 5.75 Å². The lowest BCUT2D eigenvalue weighted by molar-refractivity contribution is -0.118. The van der Waals surface area contributed by atoms with Crippen LogP contribution in [0.5, 0.6) is 5.75 Å². The van der Waals surface area contributed by atoms with Crippen molar-refractivity contribution in [3.8, 4) is 5.75 Å². The monoisotopic (exact) mass is 511 g/mol. The van der Waals surface area contributed by atoms with E-state index in [4.69, 9.17) is 4.74 Å². The number of aryl methyl sites for hydroxylation is 1. The van der Waals surface area contributed by atoms with E-state index in [1.807, 2.05) is 72.5 Å². The molecule has 0 spiro atoms. The van der Waals surface area contributed by atoms with Gasteiger partial charge < -0.3 is 19.9 Å². The van der Waals surface area contributed by atoms with E-state index in [1.54, 1.807) is 0 Å². The molecule has 1 N–H and O–H groups in total. The zero-order valence-corrected chi connectivity index (χ0v) is 22.2. The molecule has 1 aliphatic heterocycles. The van der Waals surface area contributed by atoms with E-state index in [9.17, 15) is 9.59 Å². The molecule has 2 fully saturated rings. The van der Waals surface area contributed by atoms with Crippen LogP contribution < -0.4 is 15.0 Å². The summed E-state index contributed by atoms with van der Waals surface area (Å²) in [5.74, 6) is 1.30. The molecule has 1 saturated carbocycles. The highest BCUT2D eigenvalue weighted by Gasteiger charge is 2.23. The second kappa shape index (κ2) is 12.2. The average molecular weight is 512 g/mol. The molecule has 0 unspecified atom stereocenters. The lowest BCUT2D eigenvalue weighted by atomic mass is 9.84. The summed E-state index contributed by atoms with van der Waals surface area (Å²) in [7, 11) is 0. The molecule has 0 bridgehead atoms. The number of benzene rings is 3. The van der Waals surface area contributed by atoms with Crippen LogP contribution in [0.4, 0.5) is 11.4 Å². The van der Waals surface area contributed by atoms with Gasteiger partial charge in [0.2, 0.25) is 0 Å². The van der Waals surface area contributed by atoms with Crippen LogP contribution in [0.15, 0.2) is 72.8 Å². The van der Waals surface area contributed by atoms with Crippen LogP contribution in [-0.2, 0) is 4.79 Å². The molecule has 3 aromatic rings. The molecular weight excluding hydrogens is 474 g/mol. The molecule has 3 aromatic carbocycles. The smallest absolute Gasteiger partial charge is 0.262 e. The zero-order chi connectivity index (χ0) is 26.3. The van der Waals surface area contributed by atoms with Crippen molar-refractivity contribution in [3.63, 3.8) is 0 Å². The Morgan fingerprint density at radius 3 is 2.21 bits per heavy atom. The van der Waals surface area contributed by atoms with E-state index >= 15 is 0 Å². The van der Waals surface area contributed by atoms with Gasteiger partial charge in [-0.1, -0.05) is 49.6 Å². The van der Waals surface area contributed by atoms with Crippen molar-refractivity contribution < 1.29 is 14.3 Å². The Hall–Kier alpha value is -3.80. The standard InChI is InChI=1S/C32H37N3O3/c1-24-7-5-6-10-30(24)32(37)35-21-19-34(20-22-35)28-15-13-27(14-16-28)33-31(36)23-38-29-17-11-26(12-18-29)25-8-3-2-4-9-25/h5-7,10-18,25H,2-4,8-9,19-23H2,1H3,(H,33,36). The molecule has 2 aliphatic rings. The number of carbonyl (C=O) groups is 2. The van der Waals surface area contributed by atoms with Crippen molar-refractivity contribution in [1.29, 1.82) is 0 Å². The van der Waals surface area contributed by atoms with Crippen molar-refractivity contribution in [1.82, 2.24) is 4.90 Å². The Morgan fingerprint density at radius 2 is 1.53 bits per heavy atom. The fraction of sp³-hybridized carbons (Fsp3) is 0.375. The van der Waals surface area contributed by atoms with Crippen molar-refractivity contribution in [2.75, 3.05) is 43.0 Å². The SMILES string of the molecule is Cc1ccccc1C(=O)N1CCN(c2ccc(NC(=O)COc3ccc(C4CCCCC4)cc3)cc2)CC1. The van der Waals surface area contributed by atoms with Crippen LogP contribution in [-0.4, -0.2) is 49.5 Å². The van der Waals surface area contributed by atoms with Gasteiger partial charge in [0.15, 0.2) is 6.61 Å². The summed E-state index contributed by atoms with van der Waals surface area (Å²) in [6.07, 6.45) is 6.52. The van der Waals surface area contributed by atoms with E-state index in [-0.39, 0.29) is 18.4 Å². The Labute approximate surface area is 225 Å². The third-order valence-electron chi connectivity index (χ3n) is 7.79. The molecule has 198 valence electrons. The van der Waals surface area contributed by atoms with Crippen LogP contribution in [0.25, 0.3) is 0 Å². The quantitative estimate of drug-likeness (QED) is 0.421. The Bertz CT molecular complexity index is 1230. The number of hydrogen-bond donors (Lipinski definition) is 1. The summed E-state index contributed by atoms with van der Waals surface area (Å²) in [6, 6.07) is 23.8. The predicted octanol–water partition coefficient (Wildman–Crippen LogP) is 6.02. The number of carbonyl (C=O) groups excluding carboxylic acids is 2. The summed E-state index contributed by atoms with van der Waals surface area (Å²) in [5, 5.41) is 2.92. The summed E-state index contributed by atoms with van der Waals surface area (Å²) >= 11 is 0. The second-order valence-electron chi connectivity index (χ2n) is 10.4. The molecule has 6 nitrogen and oxygen atoms in total. The van der Waals surface area contributed by atoms with E-state index in [1.165, 1.54) is 37.7 Å². The summed E-state index contributed by atoms with van der Waals surface area (Å²) in [4.78, 5) is 29.5. The lowest BCUT2D eigenvalue weighted by Gasteiger charge is -2.36. The van der Waals surface area contributed by atoms with Crippen LogP contribution in [0.2, 0.25) is 0 Å². The second-order valence-corrected chi connectivity index (χ2v) is 10.4. The number of amides is 2. The molecule has 0 atom stereocenters. The zero-order valence-electron chi connectivity index (χ0n) is 22.2. The highest BCUT2D eigenvalue weighted by molar-refractivity contribution is 5.95. The van der Waals surface area contributed by atoms with Crippen LogP contribution in [0.1, 0.15) is 59.5 Å². The summed E-state index contributed by atoms with van der Waals surface area (Å²) in [6.45, 7) is 4.87. The number of nitrogens with one attached hydrogen (secondary N) is 1. The van der Waals surface area contributed by atoms with E-state index in [0.29, 0.717) is 19.0 Å². The van der Waals surface area contributed by atoms with Gasteiger partial charge >= 0.3 is 0 Å². The van der Waals surface area contributed by atoms with Crippen molar-refractivity contribution in [2.45, 2.75) is 44.9 Å². The first-order valence-corrected chi connectivity index (χ1v) is 13.8. The fourth-order valence-corrected chi connectivity index (χ4v) is 5.52. The average Bonchev–Trinajstić information content (AvgIpc) is 2.97. The molecule has 0 aromatic heterocycles. The number of piperazine rings is 1. The largest absolute Gasteiger partial charge is 0.484 e. The van der Waals surface area contributed by atoms with Gasteiger partial charge in [-0.15, -0.1) is 0 Å². The highest BCUT2D eigenvalue weighted by atomic mass is 16.5. The normalized spacial score (nSPS) is 16.2. The van der Waals surface area contributed by atoms with Gasteiger partial charge in [0.05, 0.1) is 0 Å². The minimum atomic E-state index is -0.183. The minimum Gasteiger partial charge on any atom is -0.484 e. The van der Waals surface area contributed by atoms with E-state index < -0.39 is 0 Å². The maximum absolute atomic E-state index is 12.9. The first-order valence-electron chi connectivity index (χ1n) is 13.8. The maximum Gasteiger partial charge on any atom is 0.262 e. The van der Waals surface area contributed by atoms with Gasteiger partial charge in [-0.3, -0.25) is 9.59 Å². The number of hydrogen-bond acceptors (Lipinski definition) is 4. The summed E-state index contributed by atoms with van der Waals surface area (Å²) in [5.41, 5.74) is 4.99. The Kier molecular flexibility index (Phi) is 8.27. The lowest BCUT2D eigenvalue weighted by Crippen LogP contribution is -2.48. The molecular formula is C32H37N3O3. The topological polar surface area (TPSA) is 61.9 Å². The first-order chi connectivity index (χ1) is 18.6. The van der Waals surface area contributed by atoms with Crippen molar-refractivity contribution in [2.24, 2.45) is 0 Å². The van der Waals surface area contributed by atoms with Crippen LogP contribution >= 0.6 is 0 Å². The van der Waals surface area contributed by atoms with E-state index in [0.717, 1.165) is 41.3 Å². The fourth-order valence-electron chi connectivity index (χ4n) is 5.52. The van der Waals surface area contributed by atoms with Gasteiger partial charge in [-0.25, -0.2) is 0 Å². The molecule has 2 amide bonds. The molecule has 38 heavy (non-hydrogen) atoms. The molecule has 6 heteroatoms. The first kappa shape index (κ1) is 25.8. The summed E-state index contributed by atoms with van der Waals surface area (Å²) < 4.78 is 5.72. The maximum atomic E-state index is 12.9. The van der Waals surface area contributed by atoms with Gasteiger partial charge in [-0.2, -0.15) is 0 Å². The number of anilines is 2. The van der Waals surface area contributed by atoms with Gasteiger partial charge in [0, 0.05) is 43.1 Å². The number of nitrogens with zero attached hydrogens (tertiary/aromatic N) is 2. The van der Waals surface area contributed by atoms with Crippen molar-refractivity contribution >= 4 is 23.2 Å². The Balaban J connectivity index is 1.07. The molecule has 1 heterocycles. The van der Waals surface area contributed by atoms with E-state index in [2.05, 4.69) is 22.3 Å². The number of rotatable bonds is 7. The third-order valence-corrected chi connectivity index (χ3v) is 7.79. The number of ether oxygens (including phenoxy) is 1. The molecule has 0 radical (unpaired) electrons. The molecule has 5 rings (SSSR count). The van der Waals surface area contributed by atoms with Gasteiger partial charge in [0.25, 0.3) is 11.8 Å². The van der Waals surface area contributed by atoms with Crippen LogP contribution in [0.3, 0.4) is 0 Å². The highest BCUT2D eigenvalue weighted by Crippen LogP contribution is 2.33. The van der Waals surface area contributed by atoms with Crippen LogP contribution in [0, 0.1) is 6.92 Å². The minimum absolute atomic E-state index is 0.0264. The van der Waals surface area contributed by atoms with Gasteiger partial charge in [-0.05, 0) is 79.3 Å². The third kappa shape index (κ3) is 6.36. The van der Waals surface area contributed by atoms with Crippen molar-refractivity contribution in [3.05, 3.63) is 89.5 Å². The Morgan fingerprint density at radius 1 is 0.842 bits per heavy atom. The predicted molar refractivity (Wildman–Crippen MR) is 152 cm³/mol. The molecule has 1 aliphatic carbocycles.